The van der Waals surface area contributed by atoms with E-state index in [4.69, 9.17) is 9.47 Å². The Hall–Kier alpha value is -2.76. The summed E-state index contributed by atoms with van der Waals surface area (Å²) in [7, 11) is -0.602. The van der Waals surface area contributed by atoms with Gasteiger partial charge < -0.3 is 9.47 Å². The second kappa shape index (κ2) is 9.58. The van der Waals surface area contributed by atoms with Crippen molar-refractivity contribution in [2.45, 2.75) is 25.3 Å². The van der Waals surface area contributed by atoms with E-state index in [1.165, 1.54) is 41.0 Å². The molecule has 0 radical (unpaired) electrons. The summed E-state index contributed by atoms with van der Waals surface area (Å²) in [6.07, 6.45) is 3.56. The van der Waals surface area contributed by atoms with Crippen LogP contribution < -0.4 is 4.74 Å². The van der Waals surface area contributed by atoms with Crippen LogP contribution in [0.25, 0.3) is 10.6 Å². The molecule has 0 unspecified atom stereocenters. The van der Waals surface area contributed by atoms with Gasteiger partial charge in [-0.2, -0.15) is 9.40 Å². The second-order valence-electron chi connectivity index (χ2n) is 6.58. The third kappa shape index (κ3) is 4.94. The van der Waals surface area contributed by atoms with E-state index in [1.807, 2.05) is 13.2 Å². The second-order valence-corrected chi connectivity index (χ2v) is 9.34. The number of ether oxygens (including phenoxy) is 2. The summed E-state index contributed by atoms with van der Waals surface area (Å²) in [4.78, 5) is 17.0. The van der Waals surface area contributed by atoms with Gasteiger partial charge in [0.05, 0.1) is 24.6 Å². The molecule has 0 spiro atoms. The van der Waals surface area contributed by atoms with E-state index in [9.17, 15) is 13.2 Å². The van der Waals surface area contributed by atoms with Gasteiger partial charge in [-0.25, -0.2) is 18.2 Å². The van der Waals surface area contributed by atoms with Crippen molar-refractivity contribution in [1.29, 1.82) is 0 Å². The quantitative estimate of drug-likeness (QED) is 0.449. The summed E-state index contributed by atoms with van der Waals surface area (Å²) in [6, 6.07) is 4.22. The minimum Gasteiger partial charge on any atom is -0.495 e. The Bertz CT molecular complexity index is 1170. The molecule has 0 N–H and O–H groups in total. The molecule has 0 aliphatic rings. The smallest absolute Gasteiger partial charge is 0.338 e. The maximum absolute atomic E-state index is 12.9. The average molecular weight is 465 g/mol. The van der Waals surface area contributed by atoms with Crippen LogP contribution in [0, 0.1) is 0 Å². The Labute approximate surface area is 185 Å². The molecule has 0 saturated heterocycles. The topological polar surface area (TPSA) is 104 Å². The molecule has 3 rings (SSSR count). The molecule has 0 aliphatic heterocycles. The van der Waals surface area contributed by atoms with Gasteiger partial charge in [-0.1, -0.05) is 13.8 Å². The van der Waals surface area contributed by atoms with E-state index in [1.54, 1.807) is 30.1 Å². The monoisotopic (exact) mass is 464 g/mol. The van der Waals surface area contributed by atoms with E-state index < -0.39 is 16.0 Å². The lowest BCUT2D eigenvalue weighted by Crippen LogP contribution is -2.31. The summed E-state index contributed by atoms with van der Waals surface area (Å²) < 4.78 is 39.4. The summed E-state index contributed by atoms with van der Waals surface area (Å²) >= 11 is 1.43. The van der Waals surface area contributed by atoms with Crippen molar-refractivity contribution in [3.8, 4) is 16.3 Å². The molecule has 0 fully saturated rings. The van der Waals surface area contributed by atoms with Crippen LogP contribution in [0.3, 0.4) is 0 Å². The van der Waals surface area contributed by atoms with Crippen molar-refractivity contribution in [3.63, 3.8) is 0 Å². The number of aromatic nitrogens is 3. The van der Waals surface area contributed by atoms with E-state index in [-0.39, 0.29) is 22.8 Å². The number of benzene rings is 1. The Morgan fingerprint density at radius 3 is 2.61 bits per heavy atom. The number of thiazole rings is 1. The molecule has 0 bridgehead atoms. The lowest BCUT2D eigenvalue weighted by atomic mass is 10.2. The molecule has 0 atom stereocenters. The highest BCUT2D eigenvalue weighted by Gasteiger charge is 2.27. The first-order chi connectivity index (χ1) is 14.8. The number of aryl methyl sites for hydroxylation is 1. The van der Waals surface area contributed by atoms with Gasteiger partial charge in [0.25, 0.3) is 0 Å². The molecule has 0 saturated carbocycles. The summed E-state index contributed by atoms with van der Waals surface area (Å²) in [5, 5.41) is 6.70. The molecular formula is C20H24N4O5S2. The molecule has 2 heterocycles. The van der Waals surface area contributed by atoms with Gasteiger partial charge in [-0.15, -0.1) is 11.3 Å². The molecule has 1 aromatic carbocycles. The van der Waals surface area contributed by atoms with Crippen molar-refractivity contribution in [1.82, 2.24) is 19.1 Å². The number of esters is 1. The third-order valence-electron chi connectivity index (χ3n) is 4.58. The largest absolute Gasteiger partial charge is 0.495 e. The number of methoxy groups -OCH3 is 1. The highest BCUT2D eigenvalue weighted by Crippen LogP contribution is 2.28. The highest BCUT2D eigenvalue weighted by molar-refractivity contribution is 7.89. The Morgan fingerprint density at radius 2 is 2.00 bits per heavy atom. The van der Waals surface area contributed by atoms with Crippen LogP contribution in [0.5, 0.6) is 5.75 Å². The van der Waals surface area contributed by atoms with Crippen molar-refractivity contribution in [2.24, 2.45) is 7.05 Å². The lowest BCUT2D eigenvalue weighted by Gasteiger charge is -2.20. The predicted molar refractivity (Wildman–Crippen MR) is 117 cm³/mol. The zero-order valence-electron chi connectivity index (χ0n) is 17.7. The zero-order valence-corrected chi connectivity index (χ0v) is 19.4. The number of rotatable bonds is 9. The van der Waals surface area contributed by atoms with Crippen LogP contribution in [0.4, 0.5) is 0 Å². The number of carbonyl (C=O) groups is 1. The van der Waals surface area contributed by atoms with E-state index in [2.05, 4.69) is 10.1 Å². The fraction of sp³-hybridized carbons (Fsp3) is 0.350. The first kappa shape index (κ1) is 22.9. The van der Waals surface area contributed by atoms with Gasteiger partial charge in [0.1, 0.15) is 22.3 Å². The molecule has 166 valence electrons. The molecule has 2 aromatic heterocycles. The van der Waals surface area contributed by atoms with Crippen molar-refractivity contribution in [3.05, 3.63) is 47.2 Å². The van der Waals surface area contributed by atoms with Crippen molar-refractivity contribution in [2.75, 3.05) is 20.2 Å². The van der Waals surface area contributed by atoms with E-state index in [0.29, 0.717) is 18.8 Å². The fourth-order valence-electron chi connectivity index (χ4n) is 2.97. The summed E-state index contributed by atoms with van der Waals surface area (Å²) in [6.45, 7) is 4.08. The summed E-state index contributed by atoms with van der Waals surface area (Å²) in [5.74, 6) is -0.473. The molecule has 11 heteroatoms. The van der Waals surface area contributed by atoms with E-state index in [0.717, 1.165) is 10.6 Å². The molecule has 3 aromatic rings. The molecule has 0 aliphatic carbocycles. The number of carbonyl (C=O) groups excluding carboxylic acids is 1. The van der Waals surface area contributed by atoms with Crippen LogP contribution in [0.1, 0.15) is 29.9 Å². The van der Waals surface area contributed by atoms with Crippen LogP contribution in [-0.2, 0) is 28.4 Å². The number of hydrogen-bond donors (Lipinski definition) is 0. The number of hydrogen-bond acceptors (Lipinski definition) is 8. The van der Waals surface area contributed by atoms with Crippen LogP contribution >= 0.6 is 11.3 Å². The normalized spacial score (nSPS) is 11.6. The number of sulfonamides is 1. The van der Waals surface area contributed by atoms with Crippen LogP contribution in [0.15, 0.2) is 40.9 Å². The van der Waals surface area contributed by atoms with Gasteiger partial charge in [-0.3, -0.25) is 4.68 Å². The van der Waals surface area contributed by atoms with Gasteiger partial charge in [0, 0.05) is 37.3 Å². The van der Waals surface area contributed by atoms with Crippen molar-refractivity contribution >= 4 is 27.3 Å². The number of nitrogens with zero attached hydrogens (tertiary/aromatic N) is 4. The average Bonchev–Trinajstić information content (AvgIpc) is 3.41. The Kier molecular flexibility index (Phi) is 7.08. The van der Waals surface area contributed by atoms with Crippen LogP contribution in [-0.4, -0.2) is 53.7 Å². The maximum atomic E-state index is 12.9. The molecule has 31 heavy (non-hydrogen) atoms. The van der Waals surface area contributed by atoms with Crippen molar-refractivity contribution < 1.29 is 22.7 Å². The predicted octanol–water partition coefficient (Wildman–Crippen LogP) is 2.94. The standard InChI is InChI=1S/C20H24N4O5S2/c1-5-24(6-2)31(26,27)18-9-14(7-8-17(18)28-4)20(25)29-12-16-13-30-19(22-16)15-10-21-23(3)11-15/h7-11,13H,5-6,12H2,1-4H3. The van der Waals surface area contributed by atoms with E-state index >= 15 is 0 Å². The SMILES string of the molecule is CCN(CC)S(=O)(=O)c1cc(C(=O)OCc2csc(-c3cnn(C)c3)n2)ccc1OC. The molecule has 0 amide bonds. The Morgan fingerprint density at radius 1 is 1.26 bits per heavy atom. The van der Waals surface area contributed by atoms with Gasteiger partial charge in [-0.05, 0) is 18.2 Å². The maximum Gasteiger partial charge on any atom is 0.338 e. The molecule has 9 nitrogen and oxygen atoms in total. The first-order valence-corrected chi connectivity index (χ1v) is 11.9. The Balaban J connectivity index is 1.77. The minimum atomic E-state index is -3.81. The lowest BCUT2D eigenvalue weighted by molar-refractivity contribution is 0.0468. The van der Waals surface area contributed by atoms with Gasteiger partial charge >= 0.3 is 5.97 Å². The zero-order chi connectivity index (χ0) is 22.6. The minimum absolute atomic E-state index is 0.0280. The first-order valence-electron chi connectivity index (χ1n) is 9.58. The summed E-state index contributed by atoms with van der Waals surface area (Å²) in [5.41, 5.74) is 1.60. The fourth-order valence-corrected chi connectivity index (χ4v) is 5.39. The van der Waals surface area contributed by atoms with Crippen LogP contribution in [0.2, 0.25) is 0 Å². The highest BCUT2D eigenvalue weighted by atomic mass is 32.2. The third-order valence-corrected chi connectivity index (χ3v) is 7.59. The van der Waals surface area contributed by atoms with Gasteiger partial charge in [0.15, 0.2) is 0 Å². The van der Waals surface area contributed by atoms with Gasteiger partial charge in [0.2, 0.25) is 10.0 Å². The molecular weight excluding hydrogens is 440 g/mol.